The third-order valence-corrected chi connectivity index (χ3v) is 5.44. The molecule has 1 amide bonds. The highest BCUT2D eigenvalue weighted by Gasteiger charge is 2.16. The molecule has 0 radical (unpaired) electrons. The van der Waals surface area contributed by atoms with Crippen LogP contribution >= 0.6 is 23.1 Å². The average molecular weight is 349 g/mol. The van der Waals surface area contributed by atoms with E-state index in [4.69, 9.17) is 4.74 Å². The van der Waals surface area contributed by atoms with Gasteiger partial charge in [-0.1, -0.05) is 11.8 Å². The van der Waals surface area contributed by atoms with Crippen LogP contribution in [0.1, 0.15) is 12.1 Å². The monoisotopic (exact) mass is 349 g/mol. The van der Waals surface area contributed by atoms with Gasteiger partial charge in [0, 0.05) is 40.7 Å². The highest BCUT2D eigenvalue weighted by molar-refractivity contribution is 8.01. The summed E-state index contributed by atoms with van der Waals surface area (Å²) in [6, 6.07) is 7.95. The van der Waals surface area contributed by atoms with Crippen molar-refractivity contribution in [1.82, 2.24) is 10.3 Å². The van der Waals surface area contributed by atoms with Crippen molar-refractivity contribution in [3.05, 3.63) is 35.3 Å². The first-order valence-corrected chi connectivity index (χ1v) is 9.20. The summed E-state index contributed by atoms with van der Waals surface area (Å²) in [4.78, 5) is 17.6. The van der Waals surface area contributed by atoms with Crippen LogP contribution in [0, 0.1) is 6.92 Å². The number of morpholine rings is 1. The third-order valence-electron chi connectivity index (χ3n) is 3.37. The summed E-state index contributed by atoms with van der Waals surface area (Å²) in [5.74, 6) is 0.00366. The highest BCUT2D eigenvalue weighted by atomic mass is 32.2. The number of nitrogens with zero attached hydrogens (tertiary/aromatic N) is 1. The lowest BCUT2D eigenvalue weighted by Gasteiger charge is -2.23. The van der Waals surface area contributed by atoms with Crippen molar-refractivity contribution >= 4 is 34.7 Å². The highest BCUT2D eigenvalue weighted by Crippen LogP contribution is 2.30. The molecule has 2 aromatic rings. The van der Waals surface area contributed by atoms with Crippen LogP contribution in [0.2, 0.25) is 0 Å². The molecule has 3 rings (SSSR count). The minimum Gasteiger partial charge on any atom is -0.378 e. The summed E-state index contributed by atoms with van der Waals surface area (Å²) in [7, 11) is 0. The fourth-order valence-corrected chi connectivity index (χ4v) is 4.08. The number of carbonyl (C=O) groups excluding carboxylic acids is 1. The minimum absolute atomic E-state index is 0.00366. The number of ether oxygens (including phenoxy) is 1. The standard InChI is InChI=1S/C16H19N3O2S2/c1-11-10-22-16(18-11)23-14-4-2-12(3-5-14)19-15(20)8-13-9-21-7-6-17-13/h2-5,10,13,17H,6-9H2,1H3,(H,19,20). The Hall–Kier alpha value is -1.41. The van der Waals surface area contributed by atoms with Gasteiger partial charge < -0.3 is 15.4 Å². The van der Waals surface area contributed by atoms with Gasteiger partial charge in [-0.15, -0.1) is 11.3 Å². The molecular weight excluding hydrogens is 330 g/mol. The van der Waals surface area contributed by atoms with Crippen molar-refractivity contribution in [3.63, 3.8) is 0 Å². The molecule has 1 aliphatic heterocycles. The van der Waals surface area contributed by atoms with Crippen molar-refractivity contribution in [2.75, 3.05) is 25.1 Å². The number of nitrogens with one attached hydrogen (secondary N) is 2. The fraction of sp³-hybridized carbons (Fsp3) is 0.375. The zero-order chi connectivity index (χ0) is 16.1. The van der Waals surface area contributed by atoms with Crippen LogP contribution < -0.4 is 10.6 Å². The van der Waals surface area contributed by atoms with Crippen molar-refractivity contribution in [1.29, 1.82) is 0 Å². The Bertz CT molecular complexity index is 652. The number of benzene rings is 1. The van der Waals surface area contributed by atoms with E-state index in [0.717, 1.165) is 33.8 Å². The van der Waals surface area contributed by atoms with E-state index in [1.807, 2.05) is 36.6 Å². The molecule has 0 spiro atoms. The SMILES string of the molecule is Cc1csc(Sc2ccc(NC(=O)CC3COCCN3)cc2)n1. The van der Waals surface area contributed by atoms with Gasteiger partial charge in [-0.2, -0.15) is 0 Å². The predicted octanol–water partition coefficient (Wildman–Crippen LogP) is 2.92. The average Bonchev–Trinajstić information content (AvgIpc) is 2.95. The number of aryl methyl sites for hydroxylation is 1. The maximum Gasteiger partial charge on any atom is 0.226 e. The van der Waals surface area contributed by atoms with Crippen LogP contribution in [0.5, 0.6) is 0 Å². The first-order valence-electron chi connectivity index (χ1n) is 7.50. The molecule has 122 valence electrons. The van der Waals surface area contributed by atoms with Crippen molar-refractivity contribution in [2.45, 2.75) is 28.6 Å². The van der Waals surface area contributed by atoms with Crippen LogP contribution in [-0.4, -0.2) is 36.7 Å². The van der Waals surface area contributed by atoms with Crippen molar-refractivity contribution < 1.29 is 9.53 Å². The van der Waals surface area contributed by atoms with Gasteiger partial charge in [0.2, 0.25) is 5.91 Å². The van der Waals surface area contributed by atoms with E-state index < -0.39 is 0 Å². The molecule has 0 bridgehead atoms. The van der Waals surface area contributed by atoms with Crippen LogP contribution in [0.4, 0.5) is 5.69 Å². The second-order valence-electron chi connectivity index (χ2n) is 5.36. The van der Waals surface area contributed by atoms with Crippen LogP contribution in [-0.2, 0) is 9.53 Å². The Balaban J connectivity index is 1.51. The second-order valence-corrected chi connectivity index (χ2v) is 7.54. The van der Waals surface area contributed by atoms with E-state index >= 15 is 0 Å². The smallest absolute Gasteiger partial charge is 0.226 e. The number of amides is 1. The number of carbonyl (C=O) groups is 1. The van der Waals surface area contributed by atoms with Gasteiger partial charge in [0.1, 0.15) is 0 Å². The summed E-state index contributed by atoms with van der Waals surface area (Å²) < 4.78 is 6.39. The van der Waals surface area contributed by atoms with Gasteiger partial charge in [0.05, 0.1) is 13.2 Å². The van der Waals surface area contributed by atoms with E-state index in [1.54, 1.807) is 23.1 Å². The lowest BCUT2D eigenvalue weighted by atomic mass is 10.2. The van der Waals surface area contributed by atoms with Crippen molar-refractivity contribution in [3.8, 4) is 0 Å². The molecule has 1 aromatic carbocycles. The lowest BCUT2D eigenvalue weighted by Crippen LogP contribution is -2.43. The summed E-state index contributed by atoms with van der Waals surface area (Å²) in [5, 5.41) is 8.25. The molecule has 1 atom stereocenters. The largest absolute Gasteiger partial charge is 0.378 e. The molecule has 23 heavy (non-hydrogen) atoms. The predicted molar refractivity (Wildman–Crippen MR) is 93.3 cm³/mol. The first-order chi connectivity index (χ1) is 11.2. The number of anilines is 1. The Morgan fingerprint density at radius 3 is 2.96 bits per heavy atom. The van der Waals surface area contributed by atoms with E-state index in [-0.39, 0.29) is 11.9 Å². The van der Waals surface area contributed by atoms with Gasteiger partial charge >= 0.3 is 0 Å². The third kappa shape index (κ3) is 5.04. The van der Waals surface area contributed by atoms with Gasteiger partial charge in [0.25, 0.3) is 0 Å². The molecule has 2 N–H and O–H groups in total. The number of aromatic nitrogens is 1. The maximum atomic E-state index is 12.0. The van der Waals surface area contributed by atoms with Gasteiger partial charge in [-0.25, -0.2) is 4.98 Å². The van der Waals surface area contributed by atoms with E-state index in [1.165, 1.54) is 0 Å². The van der Waals surface area contributed by atoms with Gasteiger partial charge in [0.15, 0.2) is 4.34 Å². The molecule has 5 nitrogen and oxygen atoms in total. The van der Waals surface area contributed by atoms with Gasteiger partial charge in [-0.05, 0) is 31.2 Å². The maximum absolute atomic E-state index is 12.0. The normalized spacial score (nSPS) is 17.9. The van der Waals surface area contributed by atoms with E-state index in [2.05, 4.69) is 15.6 Å². The lowest BCUT2D eigenvalue weighted by molar-refractivity contribution is -0.117. The summed E-state index contributed by atoms with van der Waals surface area (Å²) in [5.41, 5.74) is 1.85. The number of hydrogen-bond acceptors (Lipinski definition) is 6. The van der Waals surface area contributed by atoms with Crippen LogP contribution in [0.3, 0.4) is 0 Å². The Kier molecular flexibility index (Phi) is 5.66. The number of rotatable bonds is 5. The number of hydrogen-bond donors (Lipinski definition) is 2. The van der Waals surface area contributed by atoms with Crippen LogP contribution in [0.25, 0.3) is 0 Å². The Labute approximate surface area is 143 Å². The zero-order valence-corrected chi connectivity index (χ0v) is 14.5. The Morgan fingerprint density at radius 1 is 1.48 bits per heavy atom. The minimum atomic E-state index is 0.00366. The quantitative estimate of drug-likeness (QED) is 0.869. The molecule has 0 aliphatic carbocycles. The summed E-state index contributed by atoms with van der Waals surface area (Å²) in [6.45, 7) is 4.11. The fourth-order valence-electron chi connectivity index (χ4n) is 2.27. The van der Waals surface area contributed by atoms with Crippen LogP contribution in [0.15, 0.2) is 38.9 Å². The molecule has 1 unspecified atom stereocenters. The van der Waals surface area contributed by atoms with Crippen molar-refractivity contribution in [2.24, 2.45) is 0 Å². The molecular formula is C16H19N3O2S2. The Morgan fingerprint density at radius 2 is 2.30 bits per heavy atom. The summed E-state index contributed by atoms with van der Waals surface area (Å²) >= 11 is 3.27. The zero-order valence-electron chi connectivity index (χ0n) is 12.9. The topological polar surface area (TPSA) is 63.2 Å². The van der Waals surface area contributed by atoms with E-state index in [0.29, 0.717) is 13.0 Å². The molecule has 7 heteroatoms. The number of thiazole rings is 1. The van der Waals surface area contributed by atoms with E-state index in [9.17, 15) is 4.79 Å². The molecule has 2 heterocycles. The molecule has 1 saturated heterocycles. The second kappa shape index (κ2) is 7.92. The molecule has 1 aromatic heterocycles. The molecule has 0 saturated carbocycles. The van der Waals surface area contributed by atoms with Gasteiger partial charge in [-0.3, -0.25) is 4.79 Å². The summed E-state index contributed by atoms with van der Waals surface area (Å²) in [6.07, 6.45) is 0.425. The first kappa shape index (κ1) is 16.4. The molecule has 1 aliphatic rings. The molecule has 1 fully saturated rings.